The molecule has 1 aromatic carbocycles. The van der Waals surface area contributed by atoms with Crippen molar-refractivity contribution >= 4 is 23.5 Å². The molecule has 1 aromatic heterocycles. The number of rotatable bonds is 6. The highest BCUT2D eigenvalue weighted by Crippen LogP contribution is 2.54. The van der Waals surface area contributed by atoms with Gasteiger partial charge in [-0.2, -0.15) is 0 Å². The van der Waals surface area contributed by atoms with E-state index in [0.29, 0.717) is 16.9 Å². The number of hydrogen-bond donors (Lipinski definition) is 1. The second kappa shape index (κ2) is 8.32. The summed E-state index contributed by atoms with van der Waals surface area (Å²) < 4.78 is 17.3. The van der Waals surface area contributed by atoms with Gasteiger partial charge in [-0.25, -0.2) is 0 Å². The van der Waals surface area contributed by atoms with E-state index in [4.69, 9.17) is 19.6 Å². The van der Waals surface area contributed by atoms with Crippen LogP contribution < -0.4 is 15.2 Å². The zero-order valence-electron chi connectivity index (χ0n) is 18.7. The molecule has 3 heterocycles. The predicted octanol–water partition coefficient (Wildman–Crippen LogP) is 1.78. The minimum absolute atomic E-state index is 0.0135. The molecule has 172 valence electrons. The van der Waals surface area contributed by atoms with Crippen LogP contribution in [-0.2, 0) is 31.0 Å². The molecule has 9 heteroatoms. The van der Waals surface area contributed by atoms with E-state index in [1.165, 1.54) is 23.7 Å². The van der Waals surface area contributed by atoms with Crippen molar-refractivity contribution in [1.82, 2.24) is 4.57 Å². The molecule has 4 rings (SSSR count). The van der Waals surface area contributed by atoms with Crippen LogP contribution in [0.15, 0.2) is 47.8 Å². The summed E-state index contributed by atoms with van der Waals surface area (Å²) >= 11 is 0. The number of para-hydroxylation sites is 1. The Morgan fingerprint density at radius 3 is 2.70 bits per heavy atom. The van der Waals surface area contributed by atoms with Gasteiger partial charge in [0.2, 0.25) is 11.8 Å². The van der Waals surface area contributed by atoms with Gasteiger partial charge in [0.15, 0.2) is 5.92 Å². The zero-order valence-corrected chi connectivity index (χ0v) is 18.7. The van der Waals surface area contributed by atoms with Gasteiger partial charge in [0, 0.05) is 37.6 Å². The molecular formula is C24H25N3O6. The van der Waals surface area contributed by atoms with Gasteiger partial charge in [-0.3, -0.25) is 19.8 Å². The number of fused-ring (bicyclic) bond motifs is 4. The molecule has 0 saturated carbocycles. The van der Waals surface area contributed by atoms with Crippen LogP contribution in [-0.4, -0.2) is 49.7 Å². The van der Waals surface area contributed by atoms with E-state index < -0.39 is 34.7 Å². The van der Waals surface area contributed by atoms with Crippen LogP contribution in [0.2, 0.25) is 0 Å². The number of methoxy groups -OCH3 is 2. The van der Waals surface area contributed by atoms with Crippen molar-refractivity contribution in [3.63, 3.8) is 0 Å². The Labute approximate surface area is 190 Å². The van der Waals surface area contributed by atoms with Crippen molar-refractivity contribution < 1.29 is 23.8 Å². The summed E-state index contributed by atoms with van der Waals surface area (Å²) in [7, 11) is 2.71. The first-order valence-corrected chi connectivity index (χ1v) is 10.4. The van der Waals surface area contributed by atoms with Gasteiger partial charge < -0.3 is 23.7 Å². The Morgan fingerprint density at radius 1 is 1.30 bits per heavy atom. The van der Waals surface area contributed by atoms with Crippen molar-refractivity contribution in [2.24, 2.45) is 5.92 Å². The van der Waals surface area contributed by atoms with Crippen LogP contribution in [0.4, 0.5) is 5.69 Å². The van der Waals surface area contributed by atoms with Gasteiger partial charge in [-0.1, -0.05) is 24.3 Å². The zero-order chi connectivity index (χ0) is 23.9. The summed E-state index contributed by atoms with van der Waals surface area (Å²) in [5.41, 5.74) is -0.707. The lowest BCUT2D eigenvalue weighted by molar-refractivity contribution is -0.147. The normalized spacial score (nSPS) is 20.9. The fourth-order valence-electron chi connectivity index (χ4n) is 4.88. The van der Waals surface area contributed by atoms with E-state index in [2.05, 4.69) is 6.58 Å². The fourth-order valence-corrected chi connectivity index (χ4v) is 4.88. The number of esters is 1. The maximum absolute atomic E-state index is 14.2. The van der Waals surface area contributed by atoms with Crippen LogP contribution in [0, 0.1) is 18.3 Å². The first-order valence-electron chi connectivity index (χ1n) is 10.4. The second-order valence-electron chi connectivity index (χ2n) is 7.93. The minimum Gasteiger partial charge on any atom is -0.468 e. The van der Waals surface area contributed by atoms with E-state index in [0.717, 1.165) is 0 Å². The highest BCUT2D eigenvalue weighted by Gasteiger charge is 2.65. The van der Waals surface area contributed by atoms with E-state index in [1.807, 2.05) is 0 Å². The molecule has 0 bridgehead atoms. The SMILES string of the molecule is C=CCN1C(=O)C2(c3ccccc31)c1c(cc(C)n(CCOC)c1=O)OC(=N)C2C(=O)OC. The maximum atomic E-state index is 14.2. The van der Waals surface area contributed by atoms with Gasteiger partial charge in [-0.05, 0) is 18.6 Å². The van der Waals surface area contributed by atoms with Gasteiger partial charge >= 0.3 is 5.97 Å². The van der Waals surface area contributed by atoms with Gasteiger partial charge in [-0.15, -0.1) is 6.58 Å². The molecule has 0 radical (unpaired) electrons. The number of carbonyl (C=O) groups is 2. The molecule has 1 N–H and O–H groups in total. The molecule has 0 saturated heterocycles. The van der Waals surface area contributed by atoms with E-state index in [1.54, 1.807) is 43.3 Å². The molecule has 0 fully saturated rings. The lowest BCUT2D eigenvalue weighted by atomic mass is 9.64. The van der Waals surface area contributed by atoms with Crippen molar-refractivity contribution in [2.75, 3.05) is 32.3 Å². The first kappa shape index (κ1) is 22.5. The summed E-state index contributed by atoms with van der Waals surface area (Å²) in [6.07, 6.45) is 1.57. The van der Waals surface area contributed by atoms with Crippen molar-refractivity contribution in [1.29, 1.82) is 5.41 Å². The highest BCUT2D eigenvalue weighted by molar-refractivity contribution is 6.18. The summed E-state index contributed by atoms with van der Waals surface area (Å²) in [4.78, 5) is 42.6. The third kappa shape index (κ3) is 3.03. The third-order valence-electron chi connectivity index (χ3n) is 6.25. The average Bonchev–Trinajstić information content (AvgIpc) is 3.02. The number of ether oxygens (including phenoxy) is 3. The molecule has 1 amide bonds. The molecule has 1 spiro atoms. The summed E-state index contributed by atoms with van der Waals surface area (Å²) in [6.45, 7) is 6.16. The maximum Gasteiger partial charge on any atom is 0.319 e. The number of hydrogen-bond acceptors (Lipinski definition) is 7. The lowest BCUT2D eigenvalue weighted by Crippen LogP contribution is -2.58. The van der Waals surface area contributed by atoms with Gasteiger partial charge in [0.05, 0.1) is 19.3 Å². The molecule has 0 aliphatic carbocycles. The van der Waals surface area contributed by atoms with Crippen LogP contribution >= 0.6 is 0 Å². The van der Waals surface area contributed by atoms with E-state index in [9.17, 15) is 14.4 Å². The van der Waals surface area contributed by atoms with E-state index >= 15 is 0 Å². The molecule has 2 unspecified atom stereocenters. The smallest absolute Gasteiger partial charge is 0.319 e. The number of aromatic nitrogens is 1. The Bertz CT molecular complexity index is 1230. The molecule has 2 aliphatic rings. The third-order valence-corrected chi connectivity index (χ3v) is 6.25. The van der Waals surface area contributed by atoms with Gasteiger partial charge in [0.25, 0.3) is 5.56 Å². The topological polar surface area (TPSA) is 111 Å². The second-order valence-corrected chi connectivity index (χ2v) is 7.93. The van der Waals surface area contributed by atoms with Crippen LogP contribution in [0.1, 0.15) is 16.8 Å². The Hall–Kier alpha value is -3.72. The predicted molar refractivity (Wildman–Crippen MR) is 121 cm³/mol. The molecule has 9 nitrogen and oxygen atoms in total. The number of aryl methyl sites for hydroxylation is 1. The Balaban J connectivity index is 2.15. The summed E-state index contributed by atoms with van der Waals surface area (Å²) in [6, 6.07) is 8.56. The molecular weight excluding hydrogens is 426 g/mol. The number of anilines is 1. The Kier molecular flexibility index (Phi) is 5.67. The van der Waals surface area contributed by atoms with Crippen molar-refractivity contribution in [3.8, 4) is 5.75 Å². The summed E-state index contributed by atoms with van der Waals surface area (Å²) in [5, 5.41) is 8.56. The molecule has 2 aliphatic heterocycles. The van der Waals surface area contributed by atoms with Crippen molar-refractivity contribution in [2.45, 2.75) is 18.9 Å². The quantitative estimate of drug-likeness (QED) is 0.530. The minimum atomic E-state index is -1.81. The fraction of sp³-hybridized carbons (Fsp3) is 0.333. The van der Waals surface area contributed by atoms with Gasteiger partial charge in [0.1, 0.15) is 11.2 Å². The number of amides is 1. The number of pyridine rings is 1. The standard InChI is InChI=1S/C24H25N3O6/c1-5-10-27-16-9-7-6-8-15(16)24(23(27)30)18-17(33-20(25)19(24)22(29)32-4)13-14(2)26(21(18)28)11-12-31-3/h5-9,13,19,25H,1,10-12H2,2-4H3. The van der Waals surface area contributed by atoms with Crippen LogP contribution in [0.25, 0.3) is 0 Å². The lowest BCUT2D eigenvalue weighted by Gasteiger charge is -2.39. The number of carbonyl (C=O) groups excluding carboxylic acids is 2. The monoisotopic (exact) mass is 451 g/mol. The number of nitrogens with zero attached hydrogens (tertiary/aromatic N) is 2. The molecule has 2 atom stereocenters. The largest absolute Gasteiger partial charge is 0.468 e. The molecule has 2 aromatic rings. The number of benzene rings is 1. The van der Waals surface area contributed by atoms with E-state index in [-0.39, 0.29) is 31.0 Å². The molecule has 33 heavy (non-hydrogen) atoms. The highest BCUT2D eigenvalue weighted by atomic mass is 16.5. The average molecular weight is 451 g/mol. The summed E-state index contributed by atoms with van der Waals surface area (Å²) in [5.74, 6) is -3.18. The van der Waals surface area contributed by atoms with Crippen molar-refractivity contribution in [3.05, 3.63) is 70.2 Å². The number of nitrogens with one attached hydrogen (secondary N) is 1. The van der Waals surface area contributed by atoms with Crippen LogP contribution in [0.3, 0.4) is 0 Å². The first-order chi connectivity index (χ1) is 15.8. The Morgan fingerprint density at radius 2 is 2.03 bits per heavy atom. The van der Waals surface area contributed by atoms with Crippen LogP contribution in [0.5, 0.6) is 5.75 Å².